The molecule has 86 valence electrons. The SMILES string of the molecule is N#Cc1ccc(-c2nnc(CCCCl)o2)cc1. The summed E-state index contributed by atoms with van der Waals surface area (Å²) in [6.07, 6.45) is 1.50. The van der Waals surface area contributed by atoms with Crippen molar-refractivity contribution in [2.45, 2.75) is 12.8 Å². The molecule has 2 rings (SSSR count). The second-order valence-electron chi connectivity index (χ2n) is 3.48. The molecule has 1 aromatic heterocycles. The predicted molar refractivity (Wildman–Crippen MR) is 63.5 cm³/mol. The molecule has 0 aliphatic heterocycles. The van der Waals surface area contributed by atoms with Crippen molar-refractivity contribution in [3.8, 4) is 17.5 Å². The van der Waals surface area contributed by atoms with Gasteiger partial charge in [0.1, 0.15) is 0 Å². The Balaban J connectivity index is 2.16. The number of rotatable bonds is 4. The Bertz CT molecular complexity index is 527. The third-order valence-electron chi connectivity index (χ3n) is 2.25. The molecule has 0 N–H and O–H groups in total. The predicted octanol–water partition coefficient (Wildman–Crippen LogP) is 2.78. The minimum atomic E-state index is 0.471. The van der Waals surface area contributed by atoms with E-state index in [0.717, 1.165) is 12.0 Å². The summed E-state index contributed by atoms with van der Waals surface area (Å²) in [4.78, 5) is 0. The Hall–Kier alpha value is -1.86. The number of benzene rings is 1. The van der Waals surface area contributed by atoms with Crippen LogP contribution in [0, 0.1) is 11.3 Å². The first-order valence-corrected chi connectivity index (χ1v) is 5.76. The van der Waals surface area contributed by atoms with Crippen LogP contribution in [0.25, 0.3) is 11.5 Å². The second kappa shape index (κ2) is 5.46. The second-order valence-corrected chi connectivity index (χ2v) is 3.86. The van der Waals surface area contributed by atoms with E-state index in [9.17, 15) is 0 Å². The first-order chi connectivity index (χ1) is 8.33. The van der Waals surface area contributed by atoms with Gasteiger partial charge in [-0.2, -0.15) is 5.26 Å². The van der Waals surface area contributed by atoms with Crippen molar-refractivity contribution in [3.05, 3.63) is 35.7 Å². The van der Waals surface area contributed by atoms with E-state index in [4.69, 9.17) is 21.3 Å². The van der Waals surface area contributed by atoms with Gasteiger partial charge in [0.2, 0.25) is 11.8 Å². The molecule has 0 amide bonds. The highest BCUT2D eigenvalue weighted by molar-refractivity contribution is 6.17. The van der Waals surface area contributed by atoms with Crippen LogP contribution in [0.4, 0.5) is 0 Å². The van der Waals surface area contributed by atoms with Gasteiger partial charge in [0.05, 0.1) is 11.6 Å². The van der Waals surface area contributed by atoms with Crippen molar-refractivity contribution >= 4 is 11.6 Å². The van der Waals surface area contributed by atoms with Crippen molar-refractivity contribution in [2.75, 3.05) is 5.88 Å². The van der Waals surface area contributed by atoms with E-state index in [1.165, 1.54) is 0 Å². The molecule has 0 bridgehead atoms. The Labute approximate surface area is 104 Å². The average molecular weight is 248 g/mol. The topological polar surface area (TPSA) is 62.7 Å². The molecule has 0 aliphatic carbocycles. The van der Waals surface area contributed by atoms with E-state index >= 15 is 0 Å². The normalized spacial score (nSPS) is 10.1. The number of alkyl halides is 1. The van der Waals surface area contributed by atoms with Gasteiger partial charge in [0, 0.05) is 17.9 Å². The van der Waals surface area contributed by atoms with Crippen LogP contribution < -0.4 is 0 Å². The fourth-order valence-corrected chi connectivity index (χ4v) is 1.51. The van der Waals surface area contributed by atoms with E-state index in [0.29, 0.717) is 29.6 Å². The van der Waals surface area contributed by atoms with Gasteiger partial charge in [-0.15, -0.1) is 21.8 Å². The summed E-state index contributed by atoms with van der Waals surface area (Å²) < 4.78 is 5.48. The maximum absolute atomic E-state index is 8.69. The van der Waals surface area contributed by atoms with Gasteiger partial charge in [-0.3, -0.25) is 0 Å². The van der Waals surface area contributed by atoms with E-state index in [2.05, 4.69) is 16.3 Å². The molecule has 5 heteroatoms. The van der Waals surface area contributed by atoms with Crippen molar-refractivity contribution in [1.29, 1.82) is 5.26 Å². The van der Waals surface area contributed by atoms with E-state index in [-0.39, 0.29) is 0 Å². The van der Waals surface area contributed by atoms with Crippen molar-refractivity contribution in [1.82, 2.24) is 10.2 Å². The molecule has 0 aliphatic rings. The molecule has 0 spiro atoms. The van der Waals surface area contributed by atoms with Gasteiger partial charge in [0.15, 0.2) is 0 Å². The van der Waals surface area contributed by atoms with Gasteiger partial charge < -0.3 is 4.42 Å². The molecule has 0 saturated carbocycles. The highest BCUT2D eigenvalue weighted by Crippen LogP contribution is 2.18. The number of aryl methyl sites for hydroxylation is 1. The molecule has 1 aromatic carbocycles. The lowest BCUT2D eigenvalue weighted by Gasteiger charge is -1.94. The van der Waals surface area contributed by atoms with Crippen LogP contribution in [0.1, 0.15) is 17.9 Å². The van der Waals surface area contributed by atoms with Crippen molar-refractivity contribution in [2.24, 2.45) is 0 Å². The van der Waals surface area contributed by atoms with Gasteiger partial charge in [-0.25, -0.2) is 0 Å². The molecule has 0 fully saturated rings. The third-order valence-corrected chi connectivity index (χ3v) is 2.52. The smallest absolute Gasteiger partial charge is 0.247 e. The summed E-state index contributed by atoms with van der Waals surface area (Å²) in [7, 11) is 0. The Kier molecular flexibility index (Phi) is 3.73. The molecule has 2 aromatic rings. The van der Waals surface area contributed by atoms with E-state index in [1.807, 2.05) is 0 Å². The minimum Gasteiger partial charge on any atom is -0.421 e. The minimum absolute atomic E-state index is 0.471. The zero-order valence-electron chi connectivity index (χ0n) is 9.06. The molecule has 0 unspecified atom stereocenters. The molecular weight excluding hydrogens is 238 g/mol. The molecule has 0 radical (unpaired) electrons. The van der Waals surface area contributed by atoms with Crippen LogP contribution in [0.3, 0.4) is 0 Å². The van der Waals surface area contributed by atoms with Gasteiger partial charge in [-0.05, 0) is 30.7 Å². The average Bonchev–Trinajstić information content (AvgIpc) is 2.85. The lowest BCUT2D eigenvalue weighted by molar-refractivity contribution is 0.502. The summed E-state index contributed by atoms with van der Waals surface area (Å²) in [5.41, 5.74) is 1.42. The zero-order valence-corrected chi connectivity index (χ0v) is 9.81. The third kappa shape index (κ3) is 2.83. The summed E-state index contributed by atoms with van der Waals surface area (Å²) in [5, 5.41) is 16.6. The molecule has 0 atom stereocenters. The quantitative estimate of drug-likeness (QED) is 0.780. The number of aromatic nitrogens is 2. The maximum atomic E-state index is 8.69. The first-order valence-electron chi connectivity index (χ1n) is 5.22. The summed E-state index contributed by atoms with van der Waals surface area (Å²) in [6.45, 7) is 0. The summed E-state index contributed by atoms with van der Waals surface area (Å²) >= 11 is 5.59. The summed E-state index contributed by atoms with van der Waals surface area (Å²) in [5.74, 6) is 1.64. The lowest BCUT2D eigenvalue weighted by Crippen LogP contribution is -1.85. The van der Waals surface area contributed by atoms with Gasteiger partial charge >= 0.3 is 0 Å². The first kappa shape index (κ1) is 11.6. The fourth-order valence-electron chi connectivity index (χ4n) is 1.38. The van der Waals surface area contributed by atoms with Crippen molar-refractivity contribution in [3.63, 3.8) is 0 Å². The van der Waals surface area contributed by atoms with Crippen LogP contribution in [0.2, 0.25) is 0 Å². The molecule has 17 heavy (non-hydrogen) atoms. The monoisotopic (exact) mass is 247 g/mol. The van der Waals surface area contributed by atoms with Crippen LogP contribution in [0.15, 0.2) is 28.7 Å². The van der Waals surface area contributed by atoms with Crippen LogP contribution >= 0.6 is 11.6 Å². The molecular formula is C12H10ClN3O. The van der Waals surface area contributed by atoms with Gasteiger partial charge in [-0.1, -0.05) is 0 Å². The van der Waals surface area contributed by atoms with Crippen molar-refractivity contribution < 1.29 is 4.42 Å². The van der Waals surface area contributed by atoms with E-state index in [1.54, 1.807) is 24.3 Å². The lowest BCUT2D eigenvalue weighted by atomic mass is 10.1. The fraction of sp³-hybridized carbons (Fsp3) is 0.250. The summed E-state index contributed by atoms with van der Waals surface area (Å²) in [6, 6.07) is 9.08. The Morgan fingerprint density at radius 1 is 1.24 bits per heavy atom. The number of nitriles is 1. The van der Waals surface area contributed by atoms with Crippen LogP contribution in [-0.4, -0.2) is 16.1 Å². The number of hydrogen-bond donors (Lipinski definition) is 0. The standard InChI is InChI=1S/C12H10ClN3O/c13-7-1-2-11-15-16-12(17-11)10-5-3-9(8-14)4-6-10/h3-6H,1-2,7H2. The van der Waals surface area contributed by atoms with E-state index < -0.39 is 0 Å². The molecule has 1 heterocycles. The number of halogens is 1. The van der Waals surface area contributed by atoms with Crippen LogP contribution in [-0.2, 0) is 6.42 Å². The van der Waals surface area contributed by atoms with Gasteiger partial charge in [0.25, 0.3) is 0 Å². The maximum Gasteiger partial charge on any atom is 0.247 e. The Morgan fingerprint density at radius 2 is 2.00 bits per heavy atom. The highest BCUT2D eigenvalue weighted by Gasteiger charge is 2.07. The highest BCUT2D eigenvalue weighted by atomic mass is 35.5. The Morgan fingerprint density at radius 3 is 2.65 bits per heavy atom. The number of nitrogens with zero attached hydrogens (tertiary/aromatic N) is 3. The number of hydrogen-bond acceptors (Lipinski definition) is 4. The molecule has 4 nitrogen and oxygen atoms in total. The van der Waals surface area contributed by atoms with Crippen LogP contribution in [0.5, 0.6) is 0 Å². The zero-order chi connectivity index (χ0) is 12.1. The molecule has 0 saturated heterocycles. The largest absolute Gasteiger partial charge is 0.421 e.